The van der Waals surface area contributed by atoms with Crippen LogP contribution in [0.4, 0.5) is 13.2 Å². The van der Waals surface area contributed by atoms with Crippen molar-refractivity contribution in [2.45, 2.75) is 20.0 Å². The molecule has 0 aliphatic carbocycles. The highest BCUT2D eigenvalue weighted by Crippen LogP contribution is 2.34. The van der Waals surface area contributed by atoms with Gasteiger partial charge in [0.05, 0.1) is 5.01 Å². The van der Waals surface area contributed by atoms with Gasteiger partial charge in [-0.05, 0) is 13.8 Å². The van der Waals surface area contributed by atoms with Gasteiger partial charge in [0, 0.05) is 5.56 Å². The first-order valence-electron chi connectivity index (χ1n) is 6.35. The SMILES string of the molecule is Cc1ccc(/C(N)=N/OC(=O)c2sc(C)nc2C(F)(F)F)cc1. The Kier molecular flexibility index (Phi) is 4.69. The average Bonchev–Trinajstić information content (AvgIpc) is 2.87. The summed E-state index contributed by atoms with van der Waals surface area (Å²) in [5, 5.41) is 3.49. The number of halogens is 3. The Balaban J connectivity index is 2.20. The molecule has 0 bridgehead atoms. The van der Waals surface area contributed by atoms with Gasteiger partial charge >= 0.3 is 12.1 Å². The van der Waals surface area contributed by atoms with Crippen LogP contribution in [0.5, 0.6) is 0 Å². The molecule has 0 spiro atoms. The molecule has 0 aliphatic heterocycles. The maximum atomic E-state index is 12.8. The van der Waals surface area contributed by atoms with Gasteiger partial charge in [-0.1, -0.05) is 35.0 Å². The number of aromatic nitrogens is 1. The maximum Gasteiger partial charge on any atom is 0.435 e. The number of aryl methyl sites for hydroxylation is 2. The zero-order chi connectivity index (χ0) is 17.2. The second-order valence-corrected chi connectivity index (χ2v) is 5.83. The van der Waals surface area contributed by atoms with Gasteiger partial charge in [0.15, 0.2) is 11.5 Å². The number of hydrogen-bond donors (Lipinski definition) is 1. The van der Waals surface area contributed by atoms with Crippen molar-refractivity contribution < 1.29 is 22.8 Å². The van der Waals surface area contributed by atoms with E-state index in [2.05, 4.69) is 15.0 Å². The Morgan fingerprint density at radius 3 is 2.43 bits per heavy atom. The van der Waals surface area contributed by atoms with E-state index in [1.165, 1.54) is 6.92 Å². The monoisotopic (exact) mass is 343 g/mol. The van der Waals surface area contributed by atoms with Crippen molar-refractivity contribution in [2.75, 3.05) is 0 Å². The molecule has 9 heteroatoms. The van der Waals surface area contributed by atoms with E-state index in [1.807, 2.05) is 6.92 Å². The number of oxime groups is 1. The Bertz CT molecular complexity index is 752. The molecular weight excluding hydrogens is 331 g/mol. The van der Waals surface area contributed by atoms with E-state index in [0.717, 1.165) is 5.56 Å². The normalized spacial score (nSPS) is 12.3. The summed E-state index contributed by atoms with van der Waals surface area (Å²) in [6, 6.07) is 6.85. The topological polar surface area (TPSA) is 77.6 Å². The van der Waals surface area contributed by atoms with Crippen LogP contribution < -0.4 is 5.73 Å². The molecule has 0 unspecified atom stereocenters. The summed E-state index contributed by atoms with van der Waals surface area (Å²) >= 11 is 0.583. The molecule has 2 N–H and O–H groups in total. The standard InChI is InChI=1S/C14H12F3N3O2S/c1-7-3-5-9(6-4-7)12(18)20-22-13(21)10-11(14(15,16)17)19-8(2)23-10/h3-6H,1-2H3,(H2,18,20). The van der Waals surface area contributed by atoms with Crippen LogP contribution in [0.2, 0.25) is 0 Å². The minimum Gasteiger partial charge on any atom is -0.380 e. The number of alkyl halides is 3. The molecule has 1 aromatic heterocycles. The highest BCUT2D eigenvalue weighted by molar-refractivity contribution is 7.13. The number of amidine groups is 1. The van der Waals surface area contributed by atoms with Crippen LogP contribution in [-0.2, 0) is 11.0 Å². The molecule has 2 aromatic rings. The van der Waals surface area contributed by atoms with Gasteiger partial charge in [0.2, 0.25) is 0 Å². The number of benzene rings is 1. The lowest BCUT2D eigenvalue weighted by atomic mass is 10.1. The molecular formula is C14H12F3N3O2S. The van der Waals surface area contributed by atoms with Crippen LogP contribution in [-0.4, -0.2) is 16.8 Å². The fourth-order valence-corrected chi connectivity index (χ4v) is 2.48. The predicted octanol–water partition coefficient (Wildman–Crippen LogP) is 3.26. The lowest BCUT2D eigenvalue weighted by molar-refractivity contribution is -0.141. The highest BCUT2D eigenvalue weighted by atomic mass is 32.1. The van der Waals surface area contributed by atoms with Gasteiger partial charge in [0.25, 0.3) is 0 Å². The van der Waals surface area contributed by atoms with Crippen LogP contribution in [0.1, 0.15) is 31.5 Å². The van der Waals surface area contributed by atoms with E-state index < -0.39 is 22.7 Å². The fraction of sp³-hybridized carbons (Fsp3) is 0.214. The van der Waals surface area contributed by atoms with E-state index in [0.29, 0.717) is 16.9 Å². The van der Waals surface area contributed by atoms with Gasteiger partial charge in [0.1, 0.15) is 4.88 Å². The van der Waals surface area contributed by atoms with Crippen molar-refractivity contribution in [3.05, 3.63) is 51.0 Å². The van der Waals surface area contributed by atoms with Gasteiger partial charge in [-0.2, -0.15) is 13.2 Å². The van der Waals surface area contributed by atoms with E-state index in [1.54, 1.807) is 24.3 Å². The van der Waals surface area contributed by atoms with E-state index in [-0.39, 0.29) is 10.8 Å². The molecule has 23 heavy (non-hydrogen) atoms. The molecule has 0 aliphatic rings. The molecule has 0 amide bonds. The second kappa shape index (κ2) is 6.37. The third-order valence-corrected chi connectivity index (χ3v) is 3.71. The third kappa shape index (κ3) is 4.07. The van der Waals surface area contributed by atoms with Crippen LogP contribution in [0.3, 0.4) is 0 Å². The summed E-state index contributed by atoms with van der Waals surface area (Å²) in [7, 11) is 0. The number of rotatable bonds is 3. The van der Waals surface area contributed by atoms with E-state index in [9.17, 15) is 18.0 Å². The van der Waals surface area contributed by atoms with Gasteiger partial charge in [-0.3, -0.25) is 0 Å². The lowest BCUT2D eigenvalue weighted by Gasteiger charge is -2.04. The molecule has 0 atom stereocenters. The van der Waals surface area contributed by atoms with Crippen LogP contribution >= 0.6 is 11.3 Å². The summed E-state index contributed by atoms with van der Waals surface area (Å²) in [5.41, 5.74) is 5.84. The molecule has 0 saturated carbocycles. The van der Waals surface area contributed by atoms with Gasteiger partial charge < -0.3 is 10.6 Å². The van der Waals surface area contributed by atoms with Crippen LogP contribution in [0.15, 0.2) is 29.4 Å². The highest BCUT2D eigenvalue weighted by Gasteiger charge is 2.39. The molecule has 122 valence electrons. The Hall–Kier alpha value is -2.42. The molecule has 0 saturated heterocycles. The number of carbonyl (C=O) groups is 1. The van der Waals surface area contributed by atoms with Crippen molar-refractivity contribution in [3.63, 3.8) is 0 Å². The summed E-state index contributed by atoms with van der Waals surface area (Å²) < 4.78 is 38.4. The summed E-state index contributed by atoms with van der Waals surface area (Å²) in [5.74, 6) is -1.37. The number of nitrogens with zero attached hydrogens (tertiary/aromatic N) is 2. The fourth-order valence-electron chi connectivity index (χ4n) is 1.67. The zero-order valence-electron chi connectivity index (χ0n) is 12.1. The minimum absolute atomic E-state index is 0.0970. The van der Waals surface area contributed by atoms with Crippen molar-refractivity contribution in [3.8, 4) is 0 Å². The first-order chi connectivity index (χ1) is 10.7. The largest absolute Gasteiger partial charge is 0.435 e. The molecule has 1 aromatic carbocycles. The predicted molar refractivity (Wildman–Crippen MR) is 79.2 cm³/mol. The van der Waals surface area contributed by atoms with E-state index in [4.69, 9.17) is 5.73 Å². The number of thiazole rings is 1. The summed E-state index contributed by atoms with van der Waals surface area (Å²) in [4.78, 5) is 19.0. The maximum absolute atomic E-state index is 12.8. The Morgan fingerprint density at radius 2 is 1.87 bits per heavy atom. The number of hydrogen-bond acceptors (Lipinski definition) is 5. The molecule has 2 rings (SSSR count). The van der Waals surface area contributed by atoms with Crippen molar-refractivity contribution in [1.29, 1.82) is 0 Å². The lowest BCUT2D eigenvalue weighted by Crippen LogP contribution is -2.16. The zero-order valence-corrected chi connectivity index (χ0v) is 13.0. The summed E-state index contributed by atoms with van der Waals surface area (Å²) in [6.45, 7) is 3.24. The molecule has 0 radical (unpaired) electrons. The third-order valence-electron chi connectivity index (χ3n) is 2.76. The number of nitrogens with two attached hydrogens (primary N) is 1. The first kappa shape index (κ1) is 16.9. The van der Waals surface area contributed by atoms with Gasteiger partial charge in [-0.15, -0.1) is 11.3 Å². The van der Waals surface area contributed by atoms with E-state index >= 15 is 0 Å². The first-order valence-corrected chi connectivity index (χ1v) is 7.16. The van der Waals surface area contributed by atoms with Gasteiger partial charge in [-0.25, -0.2) is 9.78 Å². The summed E-state index contributed by atoms with van der Waals surface area (Å²) in [6.07, 6.45) is -4.74. The molecule has 0 fully saturated rings. The minimum atomic E-state index is -4.74. The smallest absolute Gasteiger partial charge is 0.380 e. The Morgan fingerprint density at radius 1 is 1.26 bits per heavy atom. The average molecular weight is 343 g/mol. The van der Waals surface area contributed by atoms with Crippen molar-refractivity contribution in [1.82, 2.24) is 4.98 Å². The van der Waals surface area contributed by atoms with Crippen molar-refractivity contribution >= 4 is 23.1 Å². The Labute approximate surface area is 133 Å². The second-order valence-electron chi connectivity index (χ2n) is 4.63. The van der Waals surface area contributed by atoms with Crippen LogP contribution in [0.25, 0.3) is 0 Å². The van der Waals surface area contributed by atoms with Crippen LogP contribution in [0, 0.1) is 13.8 Å². The molecule has 1 heterocycles. The number of carbonyl (C=O) groups excluding carboxylic acids is 1. The quantitative estimate of drug-likeness (QED) is 0.402. The van der Waals surface area contributed by atoms with Crippen molar-refractivity contribution in [2.24, 2.45) is 10.9 Å². The molecule has 5 nitrogen and oxygen atoms in total.